The second-order valence-electron chi connectivity index (χ2n) is 7.90. The topological polar surface area (TPSA) is 46.5 Å². The third kappa shape index (κ3) is 5.46. The molecule has 1 aliphatic rings. The molecule has 2 aromatic carbocycles. The van der Waals surface area contributed by atoms with Crippen LogP contribution in [0.15, 0.2) is 35.9 Å². The van der Waals surface area contributed by atoms with E-state index < -0.39 is 29.9 Å². The minimum absolute atomic E-state index is 0.0139. The Kier molecular flexibility index (Phi) is 6.72. The Balaban J connectivity index is 1.86. The first-order valence-electron chi connectivity index (χ1n) is 10.1. The number of carboxylic acids is 1. The highest BCUT2D eigenvalue weighted by Crippen LogP contribution is 2.41. The summed E-state index contributed by atoms with van der Waals surface area (Å²) in [5.74, 6) is -5.26. The first kappa shape index (κ1) is 22.8. The van der Waals surface area contributed by atoms with Crippen molar-refractivity contribution in [2.24, 2.45) is 0 Å². The second-order valence-corrected chi connectivity index (χ2v) is 7.90. The SMILES string of the molecule is Cc1c(CCC(=O)O)ccc(OCC2=C(c3ccc(F)c(F)c3)CCC(F)(F)C2)c1C. The van der Waals surface area contributed by atoms with Gasteiger partial charge in [0.15, 0.2) is 11.6 Å². The fourth-order valence-corrected chi connectivity index (χ4v) is 3.85. The van der Waals surface area contributed by atoms with Crippen LogP contribution in [0.1, 0.15) is 47.9 Å². The van der Waals surface area contributed by atoms with Gasteiger partial charge in [-0.1, -0.05) is 12.1 Å². The van der Waals surface area contributed by atoms with Crippen LogP contribution in [0.4, 0.5) is 17.6 Å². The maximum absolute atomic E-state index is 14.1. The number of ether oxygens (including phenoxy) is 1. The molecule has 166 valence electrons. The molecule has 0 bridgehead atoms. The highest BCUT2D eigenvalue weighted by molar-refractivity contribution is 5.70. The van der Waals surface area contributed by atoms with Gasteiger partial charge in [0.2, 0.25) is 0 Å². The molecule has 0 radical (unpaired) electrons. The van der Waals surface area contributed by atoms with Gasteiger partial charge in [-0.25, -0.2) is 17.6 Å². The Morgan fingerprint density at radius 2 is 1.84 bits per heavy atom. The Morgan fingerprint density at radius 1 is 1.10 bits per heavy atom. The number of alkyl halides is 2. The van der Waals surface area contributed by atoms with E-state index in [4.69, 9.17) is 9.84 Å². The molecule has 0 spiro atoms. The molecule has 7 heteroatoms. The Morgan fingerprint density at radius 3 is 2.52 bits per heavy atom. The zero-order valence-corrected chi connectivity index (χ0v) is 17.4. The van der Waals surface area contributed by atoms with E-state index in [0.29, 0.717) is 28.9 Å². The van der Waals surface area contributed by atoms with Crippen LogP contribution in [0.5, 0.6) is 5.75 Å². The molecule has 0 aromatic heterocycles. The predicted octanol–water partition coefficient (Wildman–Crippen LogP) is 6.25. The number of carboxylic acid groups (broad SMARTS) is 1. The lowest BCUT2D eigenvalue weighted by Gasteiger charge is -2.28. The highest BCUT2D eigenvalue weighted by atomic mass is 19.3. The maximum atomic E-state index is 14.1. The fraction of sp³-hybridized carbons (Fsp3) is 0.375. The molecule has 0 saturated carbocycles. The second kappa shape index (κ2) is 9.12. The minimum atomic E-state index is -2.88. The van der Waals surface area contributed by atoms with Crippen molar-refractivity contribution in [1.82, 2.24) is 0 Å². The Hall–Kier alpha value is -2.83. The van der Waals surface area contributed by atoms with Gasteiger partial charge < -0.3 is 9.84 Å². The third-order valence-electron chi connectivity index (χ3n) is 5.77. The molecule has 0 amide bonds. The van der Waals surface area contributed by atoms with Crippen LogP contribution in [0.25, 0.3) is 5.57 Å². The number of allylic oxidation sites excluding steroid dienone is 1. The molecule has 2 aromatic rings. The van der Waals surface area contributed by atoms with Crippen molar-refractivity contribution in [2.45, 2.75) is 51.9 Å². The van der Waals surface area contributed by atoms with E-state index in [-0.39, 0.29) is 25.9 Å². The number of rotatable bonds is 7. The predicted molar refractivity (Wildman–Crippen MR) is 109 cm³/mol. The molecule has 0 saturated heterocycles. The van der Waals surface area contributed by atoms with Crippen molar-refractivity contribution in [2.75, 3.05) is 6.61 Å². The average Bonchev–Trinajstić information content (AvgIpc) is 2.70. The number of hydrogen-bond acceptors (Lipinski definition) is 2. The Bertz CT molecular complexity index is 1030. The van der Waals surface area contributed by atoms with Gasteiger partial charge in [-0.05, 0) is 78.3 Å². The van der Waals surface area contributed by atoms with E-state index in [0.717, 1.165) is 28.8 Å². The summed E-state index contributed by atoms with van der Waals surface area (Å²) in [6.07, 6.45) is -0.416. The summed E-state index contributed by atoms with van der Waals surface area (Å²) in [5, 5.41) is 8.88. The van der Waals surface area contributed by atoms with Crippen molar-refractivity contribution in [3.05, 3.63) is 69.8 Å². The lowest BCUT2D eigenvalue weighted by molar-refractivity contribution is -0.136. The summed E-state index contributed by atoms with van der Waals surface area (Å²) < 4.78 is 61.0. The number of aliphatic carboxylic acids is 1. The smallest absolute Gasteiger partial charge is 0.303 e. The van der Waals surface area contributed by atoms with Crippen molar-refractivity contribution in [3.8, 4) is 5.75 Å². The Labute approximate surface area is 178 Å². The maximum Gasteiger partial charge on any atom is 0.303 e. The average molecular weight is 436 g/mol. The van der Waals surface area contributed by atoms with Crippen LogP contribution in [-0.2, 0) is 11.2 Å². The quantitative estimate of drug-likeness (QED) is 0.522. The van der Waals surface area contributed by atoms with Gasteiger partial charge in [0, 0.05) is 19.3 Å². The molecule has 0 aliphatic heterocycles. The monoisotopic (exact) mass is 436 g/mol. The van der Waals surface area contributed by atoms with E-state index in [1.807, 2.05) is 13.8 Å². The van der Waals surface area contributed by atoms with Gasteiger partial charge in [-0.3, -0.25) is 4.79 Å². The van der Waals surface area contributed by atoms with E-state index in [2.05, 4.69) is 0 Å². The van der Waals surface area contributed by atoms with E-state index >= 15 is 0 Å². The summed E-state index contributed by atoms with van der Waals surface area (Å²) in [6.45, 7) is 3.59. The van der Waals surface area contributed by atoms with Crippen LogP contribution in [0.3, 0.4) is 0 Å². The molecular weight excluding hydrogens is 412 g/mol. The number of carbonyl (C=O) groups is 1. The lowest BCUT2D eigenvalue weighted by Crippen LogP contribution is -2.24. The van der Waals surface area contributed by atoms with Gasteiger partial charge in [-0.15, -0.1) is 0 Å². The zero-order chi connectivity index (χ0) is 22.8. The highest BCUT2D eigenvalue weighted by Gasteiger charge is 2.36. The molecule has 3 nitrogen and oxygen atoms in total. The molecule has 3 rings (SSSR count). The molecule has 0 atom stereocenters. The zero-order valence-electron chi connectivity index (χ0n) is 17.4. The van der Waals surface area contributed by atoms with E-state index in [1.165, 1.54) is 6.07 Å². The van der Waals surface area contributed by atoms with E-state index in [9.17, 15) is 22.4 Å². The van der Waals surface area contributed by atoms with Crippen LogP contribution >= 0.6 is 0 Å². The van der Waals surface area contributed by atoms with Crippen molar-refractivity contribution in [3.63, 3.8) is 0 Å². The van der Waals surface area contributed by atoms with Gasteiger partial charge in [-0.2, -0.15) is 0 Å². The van der Waals surface area contributed by atoms with Crippen LogP contribution in [0.2, 0.25) is 0 Å². The van der Waals surface area contributed by atoms with Gasteiger partial charge in [0.25, 0.3) is 5.92 Å². The van der Waals surface area contributed by atoms with Gasteiger partial charge in [0.05, 0.1) is 0 Å². The molecule has 0 unspecified atom stereocenters. The molecule has 0 fully saturated rings. The summed E-state index contributed by atoms with van der Waals surface area (Å²) >= 11 is 0. The van der Waals surface area contributed by atoms with Crippen molar-refractivity contribution in [1.29, 1.82) is 0 Å². The standard InChI is InChI=1S/C24H24F4O3/c1-14-15(2)22(7-4-16(14)5-8-23(29)30)31-13-18-12-24(27,28)10-9-19(18)17-3-6-20(25)21(26)11-17/h3-4,6-7,11H,5,8-10,12-13H2,1-2H3,(H,29,30). The fourth-order valence-electron chi connectivity index (χ4n) is 3.85. The number of hydrogen-bond donors (Lipinski definition) is 1. The third-order valence-corrected chi connectivity index (χ3v) is 5.77. The van der Waals surface area contributed by atoms with Crippen LogP contribution in [0, 0.1) is 25.5 Å². The number of aryl methyl sites for hydroxylation is 1. The number of halogens is 4. The summed E-state index contributed by atoms with van der Waals surface area (Å²) in [5.41, 5.74) is 3.87. The summed E-state index contributed by atoms with van der Waals surface area (Å²) in [4.78, 5) is 10.8. The van der Waals surface area contributed by atoms with Crippen LogP contribution < -0.4 is 4.74 Å². The minimum Gasteiger partial charge on any atom is -0.489 e. The molecule has 1 aliphatic carbocycles. The van der Waals surface area contributed by atoms with Crippen molar-refractivity contribution >= 4 is 11.5 Å². The molecule has 0 heterocycles. The normalized spacial score (nSPS) is 15.8. The van der Waals surface area contributed by atoms with Crippen LogP contribution in [-0.4, -0.2) is 23.6 Å². The molecule has 31 heavy (non-hydrogen) atoms. The summed E-state index contributed by atoms with van der Waals surface area (Å²) in [6, 6.07) is 6.90. The first-order valence-corrected chi connectivity index (χ1v) is 10.1. The van der Waals surface area contributed by atoms with E-state index in [1.54, 1.807) is 12.1 Å². The van der Waals surface area contributed by atoms with Gasteiger partial charge in [0.1, 0.15) is 12.4 Å². The van der Waals surface area contributed by atoms with Gasteiger partial charge >= 0.3 is 5.97 Å². The number of benzene rings is 2. The molecule has 1 N–H and O–H groups in total. The lowest BCUT2D eigenvalue weighted by atomic mass is 9.85. The largest absolute Gasteiger partial charge is 0.489 e. The summed E-state index contributed by atoms with van der Waals surface area (Å²) in [7, 11) is 0. The first-order chi connectivity index (χ1) is 14.6. The molecular formula is C24H24F4O3. The van der Waals surface area contributed by atoms with Crippen molar-refractivity contribution < 1.29 is 32.2 Å².